The van der Waals surface area contributed by atoms with Crippen LogP contribution in [-0.4, -0.2) is 33.5 Å². The van der Waals surface area contributed by atoms with Crippen LogP contribution in [-0.2, 0) is 11.3 Å². The molecule has 2 aromatic rings. The normalized spacial score (nSPS) is 16.6. The van der Waals surface area contributed by atoms with Crippen LogP contribution >= 0.6 is 0 Å². The van der Waals surface area contributed by atoms with Gasteiger partial charge in [-0.1, -0.05) is 38.8 Å². The van der Waals surface area contributed by atoms with Gasteiger partial charge in [-0.3, -0.25) is 14.3 Å². The molecule has 7 heteroatoms. The van der Waals surface area contributed by atoms with Crippen LogP contribution in [0.25, 0.3) is 11.1 Å². The lowest BCUT2D eigenvalue weighted by molar-refractivity contribution is -0.132. The van der Waals surface area contributed by atoms with E-state index in [0.29, 0.717) is 23.9 Å². The van der Waals surface area contributed by atoms with Gasteiger partial charge < -0.3 is 9.73 Å². The Bertz CT molecular complexity index is 845. The summed E-state index contributed by atoms with van der Waals surface area (Å²) in [6.45, 7) is 4.35. The van der Waals surface area contributed by atoms with E-state index < -0.39 is 11.3 Å². The van der Waals surface area contributed by atoms with E-state index in [0.717, 1.165) is 12.8 Å². The quantitative estimate of drug-likeness (QED) is 0.781. The van der Waals surface area contributed by atoms with Gasteiger partial charge in [0.25, 0.3) is 5.91 Å². The van der Waals surface area contributed by atoms with E-state index in [1.54, 1.807) is 18.2 Å². The standard InChI is InChI=1S/C18H23N3O4/c1-3-9-18(10-4-2)15(22)21(16(23)19-18)12-11-20-13-7-5-6-8-14(13)25-17(20)24/h5-8H,3-4,9-12H2,1-2H3,(H,19,23). The summed E-state index contributed by atoms with van der Waals surface area (Å²) >= 11 is 0. The van der Waals surface area contributed by atoms with Crippen molar-refractivity contribution in [2.75, 3.05) is 6.54 Å². The highest BCUT2D eigenvalue weighted by Gasteiger charge is 2.49. The Labute approximate surface area is 145 Å². The fourth-order valence-corrected chi connectivity index (χ4v) is 3.62. The first-order valence-corrected chi connectivity index (χ1v) is 8.75. The number of oxazole rings is 1. The molecule has 25 heavy (non-hydrogen) atoms. The monoisotopic (exact) mass is 345 g/mol. The van der Waals surface area contributed by atoms with Gasteiger partial charge in [0.2, 0.25) is 0 Å². The third kappa shape index (κ3) is 2.94. The second-order valence-corrected chi connectivity index (χ2v) is 6.46. The number of nitrogens with zero attached hydrogens (tertiary/aromatic N) is 2. The molecule has 0 atom stereocenters. The second kappa shape index (κ2) is 6.74. The molecular weight excluding hydrogens is 322 g/mol. The largest absolute Gasteiger partial charge is 0.420 e. The Morgan fingerprint density at radius 3 is 2.40 bits per heavy atom. The molecule has 1 aromatic carbocycles. The third-order valence-corrected chi connectivity index (χ3v) is 4.72. The number of nitrogens with one attached hydrogen (secondary N) is 1. The van der Waals surface area contributed by atoms with E-state index in [-0.39, 0.29) is 25.0 Å². The third-order valence-electron chi connectivity index (χ3n) is 4.72. The molecule has 3 rings (SSSR count). The second-order valence-electron chi connectivity index (χ2n) is 6.46. The van der Waals surface area contributed by atoms with Crippen LogP contribution in [0.3, 0.4) is 0 Å². The van der Waals surface area contributed by atoms with E-state index in [1.807, 2.05) is 19.9 Å². The van der Waals surface area contributed by atoms with Crippen LogP contribution in [0, 0.1) is 0 Å². The first kappa shape index (κ1) is 17.3. The lowest BCUT2D eigenvalue weighted by Crippen LogP contribution is -2.47. The molecular formula is C18H23N3O4. The summed E-state index contributed by atoms with van der Waals surface area (Å²) in [5, 5.41) is 2.88. The molecule has 0 saturated carbocycles. The Morgan fingerprint density at radius 2 is 1.72 bits per heavy atom. The molecule has 1 aliphatic heterocycles. The maximum atomic E-state index is 12.9. The molecule has 0 radical (unpaired) electrons. The number of carbonyl (C=O) groups is 2. The van der Waals surface area contributed by atoms with Crippen LogP contribution < -0.4 is 11.1 Å². The summed E-state index contributed by atoms with van der Waals surface area (Å²) in [6, 6.07) is 6.72. The first-order chi connectivity index (χ1) is 12.0. The fourth-order valence-electron chi connectivity index (χ4n) is 3.62. The Balaban J connectivity index is 1.81. The number of urea groups is 1. The van der Waals surface area contributed by atoms with E-state index in [2.05, 4.69) is 5.32 Å². The van der Waals surface area contributed by atoms with Gasteiger partial charge in [0.1, 0.15) is 5.54 Å². The van der Waals surface area contributed by atoms with Gasteiger partial charge in [0.15, 0.2) is 5.58 Å². The van der Waals surface area contributed by atoms with Gasteiger partial charge in [-0.05, 0) is 25.0 Å². The van der Waals surface area contributed by atoms with Crippen molar-refractivity contribution in [1.82, 2.24) is 14.8 Å². The molecule has 2 heterocycles. The zero-order chi connectivity index (χ0) is 18.0. The van der Waals surface area contributed by atoms with Crippen LogP contribution in [0.1, 0.15) is 39.5 Å². The number of hydrogen-bond acceptors (Lipinski definition) is 4. The molecule has 1 saturated heterocycles. The van der Waals surface area contributed by atoms with E-state index >= 15 is 0 Å². The highest BCUT2D eigenvalue weighted by Crippen LogP contribution is 2.28. The zero-order valence-electron chi connectivity index (χ0n) is 14.6. The van der Waals surface area contributed by atoms with Crippen molar-refractivity contribution in [2.24, 2.45) is 0 Å². The van der Waals surface area contributed by atoms with Crippen molar-refractivity contribution in [2.45, 2.75) is 51.6 Å². The molecule has 1 N–H and O–H groups in total. The van der Waals surface area contributed by atoms with Gasteiger partial charge in [0, 0.05) is 13.1 Å². The van der Waals surface area contributed by atoms with Crippen LogP contribution in [0.15, 0.2) is 33.5 Å². The predicted molar refractivity (Wildman–Crippen MR) is 93.3 cm³/mol. The van der Waals surface area contributed by atoms with Crippen molar-refractivity contribution in [1.29, 1.82) is 0 Å². The minimum absolute atomic E-state index is 0.142. The van der Waals surface area contributed by atoms with E-state index in [9.17, 15) is 14.4 Å². The number of rotatable bonds is 7. The average Bonchev–Trinajstić information content (AvgIpc) is 3.01. The highest BCUT2D eigenvalue weighted by molar-refractivity contribution is 6.07. The molecule has 0 spiro atoms. The minimum atomic E-state index is -0.802. The minimum Gasteiger partial charge on any atom is -0.408 e. The summed E-state index contributed by atoms with van der Waals surface area (Å²) in [7, 11) is 0. The highest BCUT2D eigenvalue weighted by atomic mass is 16.4. The number of aromatic nitrogens is 1. The van der Waals surface area contributed by atoms with Gasteiger partial charge in [0.05, 0.1) is 5.52 Å². The lowest BCUT2D eigenvalue weighted by atomic mass is 9.88. The molecule has 0 unspecified atom stereocenters. The average molecular weight is 345 g/mol. The van der Waals surface area contributed by atoms with Gasteiger partial charge in [-0.25, -0.2) is 9.59 Å². The number of carbonyl (C=O) groups excluding carboxylic acids is 2. The maximum Gasteiger partial charge on any atom is 0.420 e. The molecule has 1 aromatic heterocycles. The zero-order valence-corrected chi connectivity index (χ0v) is 14.6. The van der Waals surface area contributed by atoms with Crippen molar-refractivity contribution >= 4 is 23.0 Å². The Morgan fingerprint density at radius 1 is 1.04 bits per heavy atom. The van der Waals surface area contributed by atoms with Gasteiger partial charge in [-0.15, -0.1) is 0 Å². The summed E-state index contributed by atoms with van der Waals surface area (Å²) in [5.41, 5.74) is 0.355. The Kier molecular flexibility index (Phi) is 4.65. The summed E-state index contributed by atoms with van der Waals surface area (Å²) < 4.78 is 6.64. The maximum absolute atomic E-state index is 12.9. The number of para-hydroxylation sites is 2. The molecule has 0 aliphatic carbocycles. The molecule has 3 amide bonds. The van der Waals surface area contributed by atoms with Crippen molar-refractivity contribution in [3.05, 3.63) is 34.8 Å². The van der Waals surface area contributed by atoms with Gasteiger partial charge in [-0.2, -0.15) is 0 Å². The van der Waals surface area contributed by atoms with Crippen molar-refractivity contribution < 1.29 is 14.0 Å². The molecule has 0 bridgehead atoms. The first-order valence-electron chi connectivity index (χ1n) is 8.75. The van der Waals surface area contributed by atoms with E-state index in [4.69, 9.17) is 4.42 Å². The van der Waals surface area contributed by atoms with Crippen LogP contribution in [0.5, 0.6) is 0 Å². The summed E-state index contributed by atoms with van der Waals surface area (Å²) in [6.07, 6.45) is 2.87. The predicted octanol–water partition coefficient (Wildman–Crippen LogP) is 2.49. The Hall–Kier alpha value is -2.57. The van der Waals surface area contributed by atoms with Crippen molar-refractivity contribution in [3.63, 3.8) is 0 Å². The number of fused-ring (bicyclic) bond motifs is 1. The molecule has 7 nitrogen and oxygen atoms in total. The number of benzene rings is 1. The lowest BCUT2D eigenvalue weighted by Gasteiger charge is -2.25. The molecule has 1 aliphatic rings. The molecule has 1 fully saturated rings. The summed E-state index contributed by atoms with van der Waals surface area (Å²) in [5.74, 6) is -0.677. The number of imide groups is 1. The molecule has 134 valence electrons. The number of hydrogen-bond donors (Lipinski definition) is 1. The topological polar surface area (TPSA) is 84.6 Å². The SMILES string of the molecule is CCCC1(CCC)NC(=O)N(CCn2c(=O)oc3ccccc32)C1=O. The smallest absolute Gasteiger partial charge is 0.408 e. The summed E-state index contributed by atoms with van der Waals surface area (Å²) in [4.78, 5) is 38.5. The van der Waals surface area contributed by atoms with Crippen LogP contribution in [0.2, 0.25) is 0 Å². The number of amides is 3. The van der Waals surface area contributed by atoms with Crippen LogP contribution in [0.4, 0.5) is 4.79 Å². The van der Waals surface area contributed by atoms with Crippen molar-refractivity contribution in [3.8, 4) is 0 Å². The van der Waals surface area contributed by atoms with Gasteiger partial charge >= 0.3 is 11.8 Å². The van der Waals surface area contributed by atoms with E-state index in [1.165, 1.54) is 9.47 Å². The fraction of sp³-hybridized carbons (Fsp3) is 0.500.